The highest BCUT2D eigenvalue weighted by Crippen LogP contribution is 2.29. The molecular weight excluding hydrogens is 231 g/mol. The maximum Gasteiger partial charge on any atom is 0.0468 e. The van der Waals surface area contributed by atoms with Gasteiger partial charge in [0.15, 0.2) is 0 Å². The average molecular weight is 247 g/mol. The summed E-state index contributed by atoms with van der Waals surface area (Å²) in [6, 6.07) is 5.31. The van der Waals surface area contributed by atoms with Gasteiger partial charge in [0.2, 0.25) is 0 Å². The summed E-state index contributed by atoms with van der Waals surface area (Å²) in [6.45, 7) is 2.71. The second-order valence-corrected chi connectivity index (χ2v) is 4.59. The largest absolute Gasteiger partial charge is 0.330 e. The SMILES string of the molecule is CC(CCN)C(N)c1ccc(Cl)cc1Cl. The lowest BCUT2D eigenvalue weighted by Gasteiger charge is -2.20. The lowest BCUT2D eigenvalue weighted by atomic mass is 9.93. The molecule has 0 aliphatic rings. The first kappa shape index (κ1) is 12.8. The Kier molecular flexibility index (Phi) is 4.87. The second-order valence-electron chi connectivity index (χ2n) is 3.75. The van der Waals surface area contributed by atoms with Crippen molar-refractivity contribution in [1.29, 1.82) is 0 Å². The van der Waals surface area contributed by atoms with Crippen LogP contribution in [0.2, 0.25) is 10.0 Å². The molecule has 1 aromatic carbocycles. The third kappa shape index (κ3) is 3.35. The van der Waals surface area contributed by atoms with Crippen LogP contribution in [-0.4, -0.2) is 6.54 Å². The van der Waals surface area contributed by atoms with Crippen LogP contribution in [0, 0.1) is 5.92 Å². The predicted octanol–water partition coefficient (Wildman–Crippen LogP) is 2.98. The normalized spacial score (nSPS) is 15.0. The molecule has 1 aromatic rings. The van der Waals surface area contributed by atoms with Crippen LogP contribution >= 0.6 is 23.2 Å². The van der Waals surface area contributed by atoms with Gasteiger partial charge in [0.25, 0.3) is 0 Å². The molecule has 0 fully saturated rings. The first-order chi connectivity index (χ1) is 7.06. The van der Waals surface area contributed by atoms with Crippen LogP contribution in [0.15, 0.2) is 18.2 Å². The molecule has 4 N–H and O–H groups in total. The quantitative estimate of drug-likeness (QED) is 0.859. The van der Waals surface area contributed by atoms with E-state index in [4.69, 9.17) is 34.7 Å². The molecule has 4 heteroatoms. The summed E-state index contributed by atoms with van der Waals surface area (Å²) in [5, 5.41) is 1.25. The fraction of sp³-hybridized carbons (Fsp3) is 0.455. The molecule has 0 amide bonds. The van der Waals surface area contributed by atoms with Crippen LogP contribution in [-0.2, 0) is 0 Å². The summed E-state index contributed by atoms with van der Waals surface area (Å²) in [4.78, 5) is 0. The number of rotatable bonds is 4. The fourth-order valence-electron chi connectivity index (χ4n) is 1.52. The molecule has 0 radical (unpaired) electrons. The minimum Gasteiger partial charge on any atom is -0.330 e. The Morgan fingerprint density at radius 3 is 2.53 bits per heavy atom. The van der Waals surface area contributed by atoms with Gasteiger partial charge in [-0.15, -0.1) is 0 Å². The van der Waals surface area contributed by atoms with Crippen molar-refractivity contribution in [1.82, 2.24) is 0 Å². The molecule has 2 atom stereocenters. The van der Waals surface area contributed by atoms with Crippen molar-refractivity contribution < 1.29 is 0 Å². The van der Waals surface area contributed by atoms with Gasteiger partial charge in [-0.25, -0.2) is 0 Å². The van der Waals surface area contributed by atoms with Crippen molar-refractivity contribution >= 4 is 23.2 Å². The molecular formula is C11H16Cl2N2. The summed E-state index contributed by atoms with van der Waals surface area (Å²) < 4.78 is 0. The predicted molar refractivity (Wildman–Crippen MR) is 66.2 cm³/mol. The van der Waals surface area contributed by atoms with E-state index in [1.165, 1.54) is 0 Å². The van der Waals surface area contributed by atoms with E-state index in [-0.39, 0.29) is 6.04 Å². The van der Waals surface area contributed by atoms with Crippen LogP contribution in [0.25, 0.3) is 0 Å². The van der Waals surface area contributed by atoms with E-state index in [2.05, 4.69) is 6.92 Å². The van der Waals surface area contributed by atoms with Crippen molar-refractivity contribution in [2.75, 3.05) is 6.54 Å². The summed E-state index contributed by atoms with van der Waals surface area (Å²) in [7, 11) is 0. The highest BCUT2D eigenvalue weighted by Gasteiger charge is 2.16. The summed E-state index contributed by atoms with van der Waals surface area (Å²) in [6.07, 6.45) is 0.889. The van der Waals surface area contributed by atoms with Crippen LogP contribution < -0.4 is 11.5 Å². The van der Waals surface area contributed by atoms with Crippen molar-refractivity contribution in [2.24, 2.45) is 17.4 Å². The zero-order valence-electron chi connectivity index (χ0n) is 8.71. The topological polar surface area (TPSA) is 52.0 Å². The Balaban J connectivity index is 2.86. The van der Waals surface area contributed by atoms with Gasteiger partial charge < -0.3 is 11.5 Å². The van der Waals surface area contributed by atoms with E-state index in [1.54, 1.807) is 12.1 Å². The average Bonchev–Trinajstić information content (AvgIpc) is 2.17. The van der Waals surface area contributed by atoms with Gasteiger partial charge in [0.05, 0.1) is 0 Å². The van der Waals surface area contributed by atoms with E-state index in [0.717, 1.165) is 12.0 Å². The van der Waals surface area contributed by atoms with E-state index in [0.29, 0.717) is 22.5 Å². The summed E-state index contributed by atoms with van der Waals surface area (Å²) >= 11 is 11.9. The van der Waals surface area contributed by atoms with Crippen molar-refractivity contribution in [2.45, 2.75) is 19.4 Å². The molecule has 1 rings (SSSR count). The minimum absolute atomic E-state index is 0.0849. The Morgan fingerprint density at radius 2 is 2.00 bits per heavy atom. The first-order valence-electron chi connectivity index (χ1n) is 4.97. The van der Waals surface area contributed by atoms with Crippen LogP contribution in [0.4, 0.5) is 0 Å². The fourth-order valence-corrected chi connectivity index (χ4v) is 2.06. The molecule has 15 heavy (non-hydrogen) atoms. The van der Waals surface area contributed by atoms with Crippen LogP contribution in [0.3, 0.4) is 0 Å². The number of hydrogen-bond donors (Lipinski definition) is 2. The van der Waals surface area contributed by atoms with Gasteiger partial charge in [-0.05, 0) is 36.6 Å². The van der Waals surface area contributed by atoms with E-state index < -0.39 is 0 Å². The van der Waals surface area contributed by atoms with Crippen LogP contribution in [0.1, 0.15) is 24.9 Å². The number of halogens is 2. The molecule has 0 aliphatic carbocycles. The van der Waals surface area contributed by atoms with Gasteiger partial charge in [0.1, 0.15) is 0 Å². The molecule has 84 valence electrons. The number of nitrogens with two attached hydrogens (primary N) is 2. The van der Waals surface area contributed by atoms with Crippen LogP contribution in [0.5, 0.6) is 0 Å². The first-order valence-corrected chi connectivity index (χ1v) is 5.72. The zero-order chi connectivity index (χ0) is 11.4. The molecule has 0 saturated carbocycles. The minimum atomic E-state index is -0.0849. The van der Waals surface area contributed by atoms with Crippen molar-refractivity contribution in [3.63, 3.8) is 0 Å². The lowest BCUT2D eigenvalue weighted by Crippen LogP contribution is -2.21. The van der Waals surface area contributed by atoms with Gasteiger partial charge in [-0.2, -0.15) is 0 Å². The number of benzene rings is 1. The highest BCUT2D eigenvalue weighted by atomic mass is 35.5. The van der Waals surface area contributed by atoms with E-state index in [9.17, 15) is 0 Å². The molecule has 0 heterocycles. The molecule has 0 aliphatic heterocycles. The van der Waals surface area contributed by atoms with Crippen molar-refractivity contribution in [3.8, 4) is 0 Å². The van der Waals surface area contributed by atoms with Gasteiger partial charge >= 0.3 is 0 Å². The van der Waals surface area contributed by atoms with Gasteiger partial charge in [-0.1, -0.05) is 36.2 Å². The number of hydrogen-bond acceptors (Lipinski definition) is 2. The third-order valence-electron chi connectivity index (χ3n) is 2.56. The maximum absolute atomic E-state index is 6.09. The molecule has 2 nitrogen and oxygen atoms in total. The molecule has 2 unspecified atom stereocenters. The monoisotopic (exact) mass is 246 g/mol. The lowest BCUT2D eigenvalue weighted by molar-refractivity contribution is 0.444. The Hall–Kier alpha value is -0.280. The van der Waals surface area contributed by atoms with Gasteiger partial charge in [-0.3, -0.25) is 0 Å². The smallest absolute Gasteiger partial charge is 0.0468 e. The Bertz CT molecular complexity index is 328. The molecule has 0 spiro atoms. The van der Waals surface area contributed by atoms with E-state index in [1.807, 2.05) is 6.07 Å². The third-order valence-corrected chi connectivity index (χ3v) is 3.12. The standard InChI is InChI=1S/C11H16Cl2N2/c1-7(4-5-14)11(15)9-3-2-8(12)6-10(9)13/h2-3,6-7,11H,4-5,14-15H2,1H3. The zero-order valence-corrected chi connectivity index (χ0v) is 10.2. The molecule has 0 bridgehead atoms. The second kappa shape index (κ2) is 5.71. The molecule has 0 aromatic heterocycles. The van der Waals surface area contributed by atoms with E-state index >= 15 is 0 Å². The maximum atomic E-state index is 6.09. The van der Waals surface area contributed by atoms with Crippen molar-refractivity contribution in [3.05, 3.63) is 33.8 Å². The Labute approximate surface area is 101 Å². The highest BCUT2D eigenvalue weighted by molar-refractivity contribution is 6.35. The van der Waals surface area contributed by atoms with Gasteiger partial charge in [0, 0.05) is 16.1 Å². The summed E-state index contributed by atoms with van der Waals surface area (Å²) in [5.74, 6) is 0.314. The molecule has 0 saturated heterocycles. The Morgan fingerprint density at radius 1 is 1.33 bits per heavy atom. The summed E-state index contributed by atoms with van der Waals surface area (Å²) in [5.41, 5.74) is 12.5.